The molecule has 0 bridgehead atoms. The van der Waals surface area contributed by atoms with Crippen LogP contribution in [0.2, 0.25) is 0 Å². The lowest BCUT2D eigenvalue weighted by Gasteiger charge is -2.24. The standard InChI is InChI=1S/C36H35N5O4/c37-15-4-18-41(36(43)30-12-14-33-34(21-30)45-24-44-33)23-26-5-3-6-28(19-26)29-11-13-32(40-16-1-2-17-40)31(20-29)39-35(42)27-9-7-25(22-38)8-10-27/h3,5-14,19-21H,1-2,4,15-18,23-24,37H2,(H,39,42). The van der Waals surface area contributed by atoms with E-state index in [1.165, 1.54) is 0 Å². The van der Waals surface area contributed by atoms with Crippen molar-refractivity contribution in [2.75, 3.05) is 43.2 Å². The van der Waals surface area contributed by atoms with Gasteiger partial charge < -0.3 is 30.3 Å². The lowest BCUT2D eigenvalue weighted by Crippen LogP contribution is -2.32. The van der Waals surface area contributed by atoms with Crippen molar-refractivity contribution in [2.24, 2.45) is 5.73 Å². The van der Waals surface area contributed by atoms with Crippen molar-refractivity contribution >= 4 is 23.2 Å². The molecule has 2 heterocycles. The molecule has 9 heteroatoms. The predicted molar refractivity (Wildman–Crippen MR) is 173 cm³/mol. The third-order valence-corrected chi connectivity index (χ3v) is 8.14. The molecule has 0 radical (unpaired) electrons. The fourth-order valence-electron chi connectivity index (χ4n) is 5.76. The van der Waals surface area contributed by atoms with E-state index in [1.54, 1.807) is 42.5 Å². The summed E-state index contributed by atoms with van der Waals surface area (Å²) in [5, 5.41) is 12.2. The Morgan fingerprint density at radius 3 is 2.42 bits per heavy atom. The van der Waals surface area contributed by atoms with Crippen LogP contribution in [0.3, 0.4) is 0 Å². The van der Waals surface area contributed by atoms with Gasteiger partial charge in [-0.05, 0) is 103 Å². The van der Waals surface area contributed by atoms with E-state index in [9.17, 15) is 9.59 Å². The number of anilines is 2. The van der Waals surface area contributed by atoms with E-state index in [2.05, 4.69) is 34.5 Å². The lowest BCUT2D eigenvalue weighted by molar-refractivity contribution is 0.0741. The van der Waals surface area contributed by atoms with Gasteiger partial charge in [-0.25, -0.2) is 0 Å². The van der Waals surface area contributed by atoms with Crippen molar-refractivity contribution in [3.63, 3.8) is 0 Å². The highest BCUT2D eigenvalue weighted by atomic mass is 16.7. The van der Waals surface area contributed by atoms with Gasteiger partial charge in [-0.3, -0.25) is 9.59 Å². The van der Waals surface area contributed by atoms with Crippen LogP contribution in [0.15, 0.2) is 84.9 Å². The summed E-state index contributed by atoms with van der Waals surface area (Å²) in [4.78, 5) is 31.0. The first-order valence-electron chi connectivity index (χ1n) is 15.2. The molecule has 3 N–H and O–H groups in total. The summed E-state index contributed by atoms with van der Waals surface area (Å²) >= 11 is 0. The Morgan fingerprint density at radius 2 is 1.64 bits per heavy atom. The number of ether oxygens (including phenoxy) is 2. The monoisotopic (exact) mass is 601 g/mol. The van der Waals surface area contributed by atoms with E-state index >= 15 is 0 Å². The fraction of sp³-hybridized carbons (Fsp3) is 0.250. The van der Waals surface area contributed by atoms with Gasteiger partial charge in [0.25, 0.3) is 11.8 Å². The third kappa shape index (κ3) is 6.77. The van der Waals surface area contributed by atoms with E-state index in [0.29, 0.717) is 54.2 Å². The summed E-state index contributed by atoms with van der Waals surface area (Å²) in [6, 6.07) is 28.2. The summed E-state index contributed by atoms with van der Waals surface area (Å²) in [5.41, 5.74) is 12.0. The minimum Gasteiger partial charge on any atom is -0.454 e. The molecule has 45 heavy (non-hydrogen) atoms. The second-order valence-corrected chi connectivity index (χ2v) is 11.2. The molecule has 0 unspecified atom stereocenters. The van der Waals surface area contributed by atoms with Crippen LogP contribution >= 0.6 is 0 Å². The van der Waals surface area contributed by atoms with Crippen LogP contribution in [-0.2, 0) is 6.54 Å². The number of nitrogens with one attached hydrogen (secondary N) is 1. The molecule has 1 fully saturated rings. The van der Waals surface area contributed by atoms with E-state index in [1.807, 2.05) is 29.2 Å². The van der Waals surface area contributed by atoms with Crippen LogP contribution in [0.5, 0.6) is 11.5 Å². The van der Waals surface area contributed by atoms with E-state index in [0.717, 1.165) is 54.0 Å². The molecule has 1 saturated heterocycles. The van der Waals surface area contributed by atoms with Crippen molar-refractivity contribution in [3.8, 4) is 28.7 Å². The third-order valence-electron chi connectivity index (χ3n) is 8.14. The molecule has 4 aromatic carbocycles. The first-order chi connectivity index (χ1) is 22.0. The normalized spacial score (nSPS) is 13.4. The molecule has 6 rings (SSSR count). The maximum atomic E-state index is 13.6. The minimum atomic E-state index is -0.233. The number of fused-ring (bicyclic) bond motifs is 1. The van der Waals surface area contributed by atoms with Gasteiger partial charge >= 0.3 is 0 Å². The zero-order chi connectivity index (χ0) is 31.2. The molecule has 2 aliphatic rings. The maximum Gasteiger partial charge on any atom is 0.255 e. The first-order valence-corrected chi connectivity index (χ1v) is 15.2. The van der Waals surface area contributed by atoms with Crippen LogP contribution in [0.25, 0.3) is 11.1 Å². The Hall–Kier alpha value is -5.33. The number of hydrogen-bond donors (Lipinski definition) is 2. The average Bonchev–Trinajstić information content (AvgIpc) is 3.79. The molecular formula is C36H35N5O4. The summed E-state index contributed by atoms with van der Waals surface area (Å²) in [6.45, 7) is 3.43. The van der Waals surface area contributed by atoms with Crippen molar-refractivity contribution < 1.29 is 19.1 Å². The maximum absolute atomic E-state index is 13.6. The molecule has 0 aliphatic carbocycles. The van der Waals surface area contributed by atoms with Crippen LogP contribution in [-0.4, -0.2) is 49.7 Å². The molecule has 4 aromatic rings. The number of hydrogen-bond acceptors (Lipinski definition) is 7. The van der Waals surface area contributed by atoms with Crippen molar-refractivity contribution in [3.05, 3.63) is 107 Å². The SMILES string of the molecule is N#Cc1ccc(C(=O)Nc2cc(-c3cccc(CN(CCCN)C(=O)c4ccc5c(c4)OCO5)c3)ccc2N2CCCC2)cc1. The van der Waals surface area contributed by atoms with Crippen molar-refractivity contribution in [1.29, 1.82) is 5.26 Å². The Labute approximate surface area is 262 Å². The molecule has 0 spiro atoms. The number of nitrogens with two attached hydrogens (primary N) is 1. The first kappa shape index (κ1) is 29.7. The van der Waals surface area contributed by atoms with Crippen LogP contribution in [0.1, 0.15) is 51.1 Å². The Balaban J connectivity index is 1.26. The predicted octanol–water partition coefficient (Wildman–Crippen LogP) is 5.80. The summed E-state index contributed by atoms with van der Waals surface area (Å²) < 4.78 is 10.9. The quantitative estimate of drug-likeness (QED) is 0.236. The van der Waals surface area contributed by atoms with Gasteiger partial charge in [0, 0.05) is 37.3 Å². The Kier molecular flexibility index (Phi) is 8.94. The van der Waals surface area contributed by atoms with Crippen LogP contribution < -0.4 is 25.4 Å². The van der Waals surface area contributed by atoms with Gasteiger partial charge in [-0.15, -0.1) is 0 Å². The Bertz CT molecular complexity index is 1740. The van der Waals surface area contributed by atoms with E-state index in [4.69, 9.17) is 20.5 Å². The van der Waals surface area contributed by atoms with Gasteiger partial charge in [0.1, 0.15) is 0 Å². The summed E-state index contributed by atoms with van der Waals surface area (Å²) in [7, 11) is 0. The zero-order valence-electron chi connectivity index (χ0n) is 25.0. The van der Waals surface area contributed by atoms with Gasteiger partial charge in [0.2, 0.25) is 6.79 Å². The van der Waals surface area contributed by atoms with Gasteiger partial charge in [-0.2, -0.15) is 5.26 Å². The number of nitriles is 1. The van der Waals surface area contributed by atoms with Crippen molar-refractivity contribution in [1.82, 2.24) is 4.90 Å². The van der Waals surface area contributed by atoms with Gasteiger partial charge in [0.05, 0.1) is 23.0 Å². The Morgan fingerprint density at radius 1 is 0.889 bits per heavy atom. The van der Waals surface area contributed by atoms with E-state index < -0.39 is 0 Å². The highest BCUT2D eigenvalue weighted by Gasteiger charge is 2.22. The summed E-state index contributed by atoms with van der Waals surface area (Å²) in [5.74, 6) is 0.871. The molecule has 228 valence electrons. The number of benzene rings is 4. The van der Waals surface area contributed by atoms with Gasteiger partial charge in [0.15, 0.2) is 11.5 Å². The average molecular weight is 602 g/mol. The zero-order valence-corrected chi connectivity index (χ0v) is 25.0. The second-order valence-electron chi connectivity index (χ2n) is 11.2. The van der Waals surface area contributed by atoms with Crippen LogP contribution in [0.4, 0.5) is 11.4 Å². The molecule has 2 amide bonds. The number of nitrogens with zero attached hydrogens (tertiary/aromatic N) is 3. The number of rotatable bonds is 10. The number of amides is 2. The highest BCUT2D eigenvalue weighted by Crippen LogP contribution is 2.35. The second kappa shape index (κ2) is 13.5. The minimum absolute atomic E-state index is 0.102. The molecule has 2 aliphatic heterocycles. The number of carbonyl (C=O) groups excluding carboxylic acids is 2. The molecule has 0 saturated carbocycles. The summed E-state index contributed by atoms with van der Waals surface area (Å²) in [6.07, 6.45) is 2.90. The smallest absolute Gasteiger partial charge is 0.255 e. The fourth-order valence-corrected chi connectivity index (χ4v) is 5.76. The van der Waals surface area contributed by atoms with E-state index in [-0.39, 0.29) is 18.6 Å². The number of carbonyl (C=O) groups is 2. The van der Waals surface area contributed by atoms with Crippen LogP contribution in [0, 0.1) is 11.3 Å². The molecule has 9 nitrogen and oxygen atoms in total. The molecule has 0 aromatic heterocycles. The highest BCUT2D eigenvalue weighted by molar-refractivity contribution is 6.06. The lowest BCUT2D eigenvalue weighted by atomic mass is 10.0. The van der Waals surface area contributed by atoms with Crippen molar-refractivity contribution in [2.45, 2.75) is 25.8 Å². The topological polar surface area (TPSA) is 121 Å². The molecule has 0 atom stereocenters. The largest absolute Gasteiger partial charge is 0.454 e. The van der Waals surface area contributed by atoms with Gasteiger partial charge in [-0.1, -0.05) is 24.3 Å². The molecular weight excluding hydrogens is 566 g/mol.